The minimum Gasteiger partial charge on any atom is -0.611 e. The number of benzene rings is 1. The summed E-state index contributed by atoms with van der Waals surface area (Å²) in [6.07, 6.45) is 7.51. The molecule has 4 rings (SSSR count). The number of nitrogens with one attached hydrogen (secondary N) is 1. The molecule has 2 fully saturated rings. The first-order chi connectivity index (χ1) is 13.6. The Balaban J connectivity index is 1.40. The van der Waals surface area contributed by atoms with Crippen LogP contribution in [0, 0.1) is 11.7 Å². The fraction of sp³-hybridized carbons (Fsp3) is 0.450. The third kappa shape index (κ3) is 3.71. The van der Waals surface area contributed by atoms with E-state index in [-0.39, 0.29) is 22.5 Å². The molecule has 1 N–H and O–H groups in total. The van der Waals surface area contributed by atoms with E-state index in [4.69, 9.17) is 0 Å². The molecule has 1 saturated carbocycles. The average molecular weight is 402 g/mol. The molecule has 6 nitrogen and oxygen atoms in total. The molecule has 0 bridgehead atoms. The standard InChI is InChI=1S/C20H23FN4O2S/c21-16-3-1-4-18(13-16)28(27)20(8-2-9-20)15-6-11-25(12-7-15)19(26)24-17-5-10-22-23-14-17/h1,3-5,10,13-15H,2,6-9,11-12H2,(H,22,24,26). The van der Waals surface area contributed by atoms with Crippen LogP contribution in [-0.2, 0) is 11.2 Å². The lowest BCUT2D eigenvalue weighted by Gasteiger charge is -2.49. The molecule has 2 aromatic rings. The van der Waals surface area contributed by atoms with Crippen molar-refractivity contribution in [3.8, 4) is 0 Å². The van der Waals surface area contributed by atoms with Gasteiger partial charge in [0, 0.05) is 25.1 Å². The van der Waals surface area contributed by atoms with Crippen LogP contribution in [0.4, 0.5) is 14.9 Å². The van der Waals surface area contributed by atoms with Crippen LogP contribution >= 0.6 is 0 Å². The molecule has 0 radical (unpaired) electrons. The van der Waals surface area contributed by atoms with Crippen molar-refractivity contribution in [2.75, 3.05) is 18.4 Å². The van der Waals surface area contributed by atoms with Crippen molar-refractivity contribution in [2.45, 2.75) is 41.7 Å². The minimum atomic E-state index is -1.24. The number of amides is 2. The molecule has 1 aromatic carbocycles. The number of carbonyl (C=O) groups is 1. The number of hydrogen-bond acceptors (Lipinski definition) is 4. The monoisotopic (exact) mass is 402 g/mol. The van der Waals surface area contributed by atoms with Crippen LogP contribution in [0.15, 0.2) is 47.6 Å². The highest BCUT2D eigenvalue weighted by Gasteiger charge is 2.55. The molecule has 8 heteroatoms. The van der Waals surface area contributed by atoms with E-state index in [9.17, 15) is 13.7 Å². The highest BCUT2D eigenvalue weighted by atomic mass is 32.2. The Kier molecular flexibility index (Phi) is 5.50. The summed E-state index contributed by atoms with van der Waals surface area (Å²) in [6.45, 7) is 1.24. The third-order valence-corrected chi connectivity index (χ3v) is 8.10. The smallest absolute Gasteiger partial charge is 0.321 e. The second kappa shape index (κ2) is 8.05. The van der Waals surface area contributed by atoms with Crippen molar-refractivity contribution in [2.24, 2.45) is 5.92 Å². The van der Waals surface area contributed by atoms with E-state index in [0.29, 0.717) is 23.7 Å². The molecule has 2 amide bonds. The zero-order valence-corrected chi connectivity index (χ0v) is 16.3. The molecule has 148 valence electrons. The molecule has 2 aliphatic rings. The summed E-state index contributed by atoms with van der Waals surface area (Å²) in [5, 5.41) is 10.3. The Hall–Kier alpha value is -2.19. The molecule has 1 unspecified atom stereocenters. The number of likely N-dealkylation sites (tertiary alicyclic amines) is 1. The lowest BCUT2D eigenvalue weighted by molar-refractivity contribution is 0.136. The van der Waals surface area contributed by atoms with Gasteiger partial charge in [-0.2, -0.15) is 10.2 Å². The summed E-state index contributed by atoms with van der Waals surface area (Å²) in [5.74, 6) is -0.0746. The highest BCUT2D eigenvalue weighted by molar-refractivity contribution is 7.93. The summed E-state index contributed by atoms with van der Waals surface area (Å²) in [5.41, 5.74) is 0.616. The van der Waals surface area contributed by atoms with E-state index in [0.717, 1.165) is 32.1 Å². The van der Waals surface area contributed by atoms with Crippen molar-refractivity contribution in [1.29, 1.82) is 0 Å². The zero-order valence-electron chi connectivity index (χ0n) is 15.5. The van der Waals surface area contributed by atoms with Gasteiger partial charge in [0.25, 0.3) is 0 Å². The molecule has 1 aliphatic heterocycles. The van der Waals surface area contributed by atoms with Crippen molar-refractivity contribution in [1.82, 2.24) is 15.1 Å². The second-order valence-electron chi connectivity index (χ2n) is 7.47. The van der Waals surface area contributed by atoms with Gasteiger partial charge in [-0.05, 0) is 61.5 Å². The van der Waals surface area contributed by atoms with E-state index in [1.807, 2.05) is 0 Å². The molecule has 0 spiro atoms. The number of hydrogen-bond donors (Lipinski definition) is 1. The Morgan fingerprint density at radius 2 is 2.04 bits per heavy atom. The summed E-state index contributed by atoms with van der Waals surface area (Å²) in [4.78, 5) is 14.8. The van der Waals surface area contributed by atoms with Crippen LogP contribution in [0.3, 0.4) is 0 Å². The number of piperidine rings is 1. The van der Waals surface area contributed by atoms with Crippen LogP contribution in [0.25, 0.3) is 0 Å². The Labute approximate surface area is 166 Å². The summed E-state index contributed by atoms with van der Waals surface area (Å²) in [7, 11) is 0. The maximum absolute atomic E-state index is 13.6. The molecular weight excluding hydrogens is 379 g/mol. The van der Waals surface area contributed by atoms with Crippen LogP contribution < -0.4 is 5.32 Å². The predicted molar refractivity (Wildman–Crippen MR) is 105 cm³/mol. The molecule has 1 saturated heterocycles. The van der Waals surface area contributed by atoms with Gasteiger partial charge < -0.3 is 14.8 Å². The van der Waals surface area contributed by atoms with Gasteiger partial charge in [-0.3, -0.25) is 0 Å². The Bertz CT molecular complexity index is 826. The molecule has 1 atom stereocenters. The zero-order chi connectivity index (χ0) is 19.6. The second-order valence-corrected chi connectivity index (χ2v) is 9.29. The molecule has 28 heavy (non-hydrogen) atoms. The molecular formula is C20H23FN4O2S. The molecule has 1 aliphatic carbocycles. The van der Waals surface area contributed by atoms with Gasteiger partial charge in [0.15, 0.2) is 4.90 Å². The minimum absolute atomic E-state index is 0.152. The fourth-order valence-electron chi connectivity index (χ4n) is 4.26. The topological polar surface area (TPSA) is 81.2 Å². The third-order valence-electron chi connectivity index (χ3n) is 5.94. The van der Waals surface area contributed by atoms with E-state index >= 15 is 0 Å². The number of halogens is 1. The van der Waals surface area contributed by atoms with Gasteiger partial charge >= 0.3 is 6.03 Å². The van der Waals surface area contributed by atoms with Gasteiger partial charge in [-0.25, -0.2) is 9.18 Å². The number of aromatic nitrogens is 2. The van der Waals surface area contributed by atoms with Gasteiger partial charge in [0.05, 0.1) is 18.1 Å². The SMILES string of the molecule is O=C(Nc1ccnnc1)N1CCC(C2([S+]([O-])c3cccc(F)c3)CCC2)CC1. The average Bonchev–Trinajstić information content (AvgIpc) is 2.68. The van der Waals surface area contributed by atoms with Crippen molar-refractivity contribution >= 4 is 22.9 Å². The largest absolute Gasteiger partial charge is 0.611 e. The van der Waals surface area contributed by atoms with E-state index < -0.39 is 11.2 Å². The van der Waals surface area contributed by atoms with Crippen LogP contribution in [-0.4, -0.2) is 43.5 Å². The maximum atomic E-state index is 13.6. The number of rotatable bonds is 4. The number of anilines is 1. The van der Waals surface area contributed by atoms with Crippen molar-refractivity contribution < 1.29 is 13.7 Å². The lowest BCUT2D eigenvalue weighted by atomic mass is 9.71. The van der Waals surface area contributed by atoms with Crippen molar-refractivity contribution in [3.63, 3.8) is 0 Å². The van der Waals surface area contributed by atoms with Crippen LogP contribution in [0.5, 0.6) is 0 Å². The number of carbonyl (C=O) groups excluding carboxylic acids is 1. The fourth-order valence-corrected chi connectivity index (χ4v) is 6.35. The van der Waals surface area contributed by atoms with Crippen LogP contribution in [0.2, 0.25) is 0 Å². The highest BCUT2D eigenvalue weighted by Crippen LogP contribution is 2.51. The maximum Gasteiger partial charge on any atom is 0.321 e. The first-order valence-electron chi connectivity index (χ1n) is 9.58. The van der Waals surface area contributed by atoms with E-state index in [1.54, 1.807) is 23.1 Å². The number of nitrogens with zero attached hydrogens (tertiary/aromatic N) is 3. The predicted octanol–water partition coefficient (Wildman–Crippen LogP) is 3.59. The first-order valence-corrected chi connectivity index (χ1v) is 10.7. The Morgan fingerprint density at radius 3 is 2.64 bits per heavy atom. The van der Waals surface area contributed by atoms with Gasteiger partial charge in [0.2, 0.25) is 0 Å². The normalized spacial score (nSPS) is 20.3. The molecule has 2 heterocycles. The van der Waals surface area contributed by atoms with Gasteiger partial charge in [-0.15, -0.1) is 0 Å². The summed E-state index contributed by atoms with van der Waals surface area (Å²) in [6, 6.07) is 7.69. The quantitative estimate of drug-likeness (QED) is 0.793. The van der Waals surface area contributed by atoms with E-state index in [1.165, 1.54) is 24.5 Å². The summed E-state index contributed by atoms with van der Waals surface area (Å²) < 4.78 is 26.6. The number of urea groups is 1. The van der Waals surface area contributed by atoms with Crippen LogP contribution in [0.1, 0.15) is 32.1 Å². The van der Waals surface area contributed by atoms with Gasteiger partial charge in [0.1, 0.15) is 10.6 Å². The first kappa shape index (κ1) is 19.1. The van der Waals surface area contributed by atoms with E-state index in [2.05, 4.69) is 15.5 Å². The van der Waals surface area contributed by atoms with Crippen molar-refractivity contribution in [3.05, 3.63) is 48.5 Å². The summed E-state index contributed by atoms with van der Waals surface area (Å²) >= 11 is -1.24. The van der Waals surface area contributed by atoms with Gasteiger partial charge in [-0.1, -0.05) is 6.07 Å². The lowest BCUT2D eigenvalue weighted by Crippen LogP contribution is -2.55. The Morgan fingerprint density at radius 1 is 1.25 bits per heavy atom. The molecule has 1 aromatic heterocycles.